The lowest BCUT2D eigenvalue weighted by Gasteiger charge is -2.18. The third kappa shape index (κ3) is 8.26. The Hall–Kier alpha value is -3.83. The first kappa shape index (κ1) is 24.8. The molecule has 0 amide bonds. The van der Waals surface area contributed by atoms with E-state index in [1.54, 1.807) is 0 Å². The van der Waals surface area contributed by atoms with Crippen LogP contribution in [0.5, 0.6) is 17.2 Å². The molecule has 0 heterocycles. The van der Waals surface area contributed by atoms with Gasteiger partial charge in [-0.2, -0.15) is 0 Å². The summed E-state index contributed by atoms with van der Waals surface area (Å²) >= 11 is 0. The van der Waals surface area contributed by atoms with Crippen LogP contribution in [0.25, 0.3) is 0 Å². The van der Waals surface area contributed by atoms with Crippen molar-refractivity contribution in [2.24, 2.45) is 0 Å². The van der Waals surface area contributed by atoms with Gasteiger partial charge in [0.1, 0.15) is 17.2 Å². The fourth-order valence-electron chi connectivity index (χ4n) is 2.89. The minimum atomic E-state index is -1.74. The molecule has 0 aromatic heterocycles. The van der Waals surface area contributed by atoms with Crippen molar-refractivity contribution in [3.63, 3.8) is 0 Å². The Morgan fingerprint density at radius 1 is 0.471 bits per heavy atom. The summed E-state index contributed by atoms with van der Waals surface area (Å²) in [6.45, 7) is 5.52. The first-order valence-electron chi connectivity index (χ1n) is 11.0. The van der Waals surface area contributed by atoms with Crippen molar-refractivity contribution in [2.75, 3.05) is 0 Å². The molecule has 34 heavy (non-hydrogen) atoms. The lowest BCUT2D eigenvalue weighted by atomic mass is 10.1. The second-order valence-corrected chi connectivity index (χ2v) is 8.23. The highest BCUT2D eigenvalue weighted by molar-refractivity contribution is 7.43. The minimum Gasteiger partial charge on any atom is -0.409 e. The van der Waals surface area contributed by atoms with Gasteiger partial charge in [0.25, 0.3) is 0 Å². The fraction of sp³-hybridized carbons (Fsp3) is 0.200. The standard InChI is InChI=1S/C30H27O3P/c1-4-7-10-25-13-19-28(20-14-25)31-34(32-29-21-15-26(16-22-29)11-8-5-2)33-30-23-17-27(18-24-30)12-9-6-3/h13-24H,10-12H2,1-3H3. The molecule has 0 saturated carbocycles. The van der Waals surface area contributed by atoms with E-state index in [1.807, 2.05) is 93.6 Å². The van der Waals surface area contributed by atoms with Gasteiger partial charge < -0.3 is 13.6 Å². The number of hydrogen-bond donors (Lipinski definition) is 0. The third-order valence-corrected chi connectivity index (χ3v) is 5.80. The van der Waals surface area contributed by atoms with Crippen molar-refractivity contribution in [2.45, 2.75) is 40.0 Å². The molecule has 3 aromatic carbocycles. The SMILES string of the molecule is CC#CCc1ccc(OP(Oc2ccc(CC#CC)cc2)Oc2ccc(CC#CC)cc2)cc1. The van der Waals surface area contributed by atoms with Crippen molar-refractivity contribution in [1.82, 2.24) is 0 Å². The van der Waals surface area contributed by atoms with Crippen LogP contribution in [-0.2, 0) is 19.3 Å². The van der Waals surface area contributed by atoms with E-state index in [-0.39, 0.29) is 0 Å². The Balaban J connectivity index is 1.74. The minimum absolute atomic E-state index is 0.670. The van der Waals surface area contributed by atoms with Gasteiger partial charge in [-0.15, -0.1) is 17.8 Å². The highest BCUT2D eigenvalue weighted by atomic mass is 31.2. The first-order valence-corrected chi connectivity index (χ1v) is 12.1. The Morgan fingerprint density at radius 3 is 0.971 bits per heavy atom. The molecule has 0 aliphatic rings. The average molecular weight is 467 g/mol. The second-order valence-electron chi connectivity index (χ2n) is 7.24. The van der Waals surface area contributed by atoms with Crippen LogP contribution < -0.4 is 13.6 Å². The van der Waals surface area contributed by atoms with E-state index < -0.39 is 8.60 Å². The van der Waals surface area contributed by atoms with E-state index in [9.17, 15) is 0 Å². The van der Waals surface area contributed by atoms with E-state index in [4.69, 9.17) is 13.6 Å². The van der Waals surface area contributed by atoms with Crippen molar-refractivity contribution in [3.05, 3.63) is 89.5 Å². The molecule has 3 aromatic rings. The van der Waals surface area contributed by atoms with Crippen LogP contribution in [0.4, 0.5) is 0 Å². The highest BCUT2D eigenvalue weighted by Gasteiger charge is 2.20. The van der Waals surface area contributed by atoms with Crippen LogP contribution >= 0.6 is 8.60 Å². The van der Waals surface area contributed by atoms with Crippen LogP contribution in [0.2, 0.25) is 0 Å². The summed E-state index contributed by atoms with van der Waals surface area (Å²) in [6, 6.07) is 23.5. The van der Waals surface area contributed by atoms with Gasteiger partial charge in [0.15, 0.2) is 0 Å². The van der Waals surface area contributed by atoms with Gasteiger partial charge >= 0.3 is 8.60 Å². The van der Waals surface area contributed by atoms with Crippen LogP contribution in [0.3, 0.4) is 0 Å². The predicted octanol–water partition coefficient (Wildman–Crippen LogP) is 7.15. The lowest BCUT2D eigenvalue weighted by Crippen LogP contribution is -2.02. The maximum Gasteiger partial charge on any atom is 0.530 e. The zero-order chi connectivity index (χ0) is 24.0. The van der Waals surface area contributed by atoms with Crippen LogP contribution in [0, 0.1) is 35.5 Å². The topological polar surface area (TPSA) is 27.7 Å². The van der Waals surface area contributed by atoms with Crippen molar-refractivity contribution >= 4 is 8.60 Å². The molecule has 0 fully saturated rings. The summed E-state index contributed by atoms with van der Waals surface area (Å²) in [5, 5.41) is 0. The zero-order valence-electron chi connectivity index (χ0n) is 19.7. The van der Waals surface area contributed by atoms with Crippen LogP contribution in [0.15, 0.2) is 72.8 Å². The van der Waals surface area contributed by atoms with Gasteiger partial charge in [0, 0.05) is 19.3 Å². The summed E-state index contributed by atoms with van der Waals surface area (Å²) in [7, 11) is -1.74. The largest absolute Gasteiger partial charge is 0.530 e. The molecule has 3 rings (SSSR count). The molecule has 170 valence electrons. The normalized spacial score (nSPS) is 9.53. The summed E-state index contributed by atoms with van der Waals surface area (Å²) in [5.41, 5.74) is 3.39. The molecule has 0 aliphatic heterocycles. The average Bonchev–Trinajstić information content (AvgIpc) is 2.87. The van der Waals surface area contributed by atoms with E-state index in [0.717, 1.165) is 16.7 Å². The lowest BCUT2D eigenvalue weighted by molar-refractivity contribution is 0.388. The maximum atomic E-state index is 6.11. The smallest absolute Gasteiger partial charge is 0.409 e. The fourth-order valence-corrected chi connectivity index (χ4v) is 3.88. The maximum absolute atomic E-state index is 6.11. The Morgan fingerprint density at radius 2 is 0.735 bits per heavy atom. The summed E-state index contributed by atoms with van der Waals surface area (Å²) < 4.78 is 18.3. The zero-order valence-corrected chi connectivity index (χ0v) is 20.6. The molecule has 0 radical (unpaired) electrons. The molecule has 0 aliphatic carbocycles. The van der Waals surface area contributed by atoms with E-state index >= 15 is 0 Å². The molecule has 4 heteroatoms. The van der Waals surface area contributed by atoms with E-state index in [2.05, 4.69) is 35.5 Å². The highest BCUT2D eigenvalue weighted by Crippen LogP contribution is 2.42. The molecule has 0 spiro atoms. The second kappa shape index (κ2) is 13.7. The van der Waals surface area contributed by atoms with Gasteiger partial charge in [0.05, 0.1) is 0 Å². The molecule has 0 N–H and O–H groups in total. The number of benzene rings is 3. The van der Waals surface area contributed by atoms with Gasteiger partial charge in [0.2, 0.25) is 0 Å². The number of rotatable bonds is 9. The van der Waals surface area contributed by atoms with Gasteiger partial charge in [-0.25, -0.2) is 0 Å². The molecule has 0 atom stereocenters. The molecular formula is C30H27O3P. The third-order valence-electron chi connectivity index (χ3n) is 4.72. The predicted molar refractivity (Wildman–Crippen MR) is 140 cm³/mol. The van der Waals surface area contributed by atoms with Crippen LogP contribution in [-0.4, -0.2) is 0 Å². The van der Waals surface area contributed by atoms with E-state index in [1.165, 1.54) is 0 Å². The van der Waals surface area contributed by atoms with Crippen molar-refractivity contribution < 1.29 is 13.6 Å². The van der Waals surface area contributed by atoms with Gasteiger partial charge in [-0.1, -0.05) is 54.2 Å². The number of hydrogen-bond acceptors (Lipinski definition) is 3. The molecule has 3 nitrogen and oxygen atoms in total. The van der Waals surface area contributed by atoms with Gasteiger partial charge in [-0.05, 0) is 73.9 Å². The Bertz CT molecular complexity index is 1070. The van der Waals surface area contributed by atoms with Crippen molar-refractivity contribution in [3.8, 4) is 52.8 Å². The first-order chi connectivity index (χ1) is 16.7. The molecule has 0 unspecified atom stereocenters. The monoisotopic (exact) mass is 466 g/mol. The Kier molecular flexibility index (Phi) is 9.96. The van der Waals surface area contributed by atoms with Gasteiger partial charge in [-0.3, -0.25) is 0 Å². The Labute approximate surface area is 204 Å². The van der Waals surface area contributed by atoms with Crippen LogP contribution in [0.1, 0.15) is 37.5 Å². The summed E-state index contributed by atoms with van der Waals surface area (Å²) in [5.74, 6) is 20.0. The molecule has 0 bridgehead atoms. The molecule has 0 saturated heterocycles. The quantitative estimate of drug-likeness (QED) is 0.248. The summed E-state index contributed by atoms with van der Waals surface area (Å²) in [4.78, 5) is 0. The van der Waals surface area contributed by atoms with Crippen molar-refractivity contribution in [1.29, 1.82) is 0 Å². The summed E-state index contributed by atoms with van der Waals surface area (Å²) in [6.07, 6.45) is 2.13. The molecular weight excluding hydrogens is 439 g/mol. The van der Waals surface area contributed by atoms with E-state index in [0.29, 0.717) is 36.5 Å².